The molecule has 2 aliphatic rings. The zero-order chi connectivity index (χ0) is 21.6. The summed E-state index contributed by atoms with van der Waals surface area (Å²) in [5.74, 6) is -0.386. The SMILES string of the molecule is CC(C)CC1(C(=O)Oc2ccc(C(=O)O)cc2)CC2=C(C1)C(C)(C)CCC2(C)C. The summed E-state index contributed by atoms with van der Waals surface area (Å²) in [4.78, 5) is 24.6. The largest absolute Gasteiger partial charge is 0.478 e. The maximum Gasteiger partial charge on any atom is 0.335 e. The summed E-state index contributed by atoms with van der Waals surface area (Å²) < 4.78 is 5.82. The average Bonchev–Trinajstić information content (AvgIpc) is 3.02. The number of aromatic carboxylic acids is 1. The van der Waals surface area contributed by atoms with Crippen LogP contribution in [0.15, 0.2) is 35.4 Å². The Hall–Kier alpha value is -2.10. The average molecular weight is 399 g/mol. The van der Waals surface area contributed by atoms with Gasteiger partial charge in [-0.1, -0.05) is 52.7 Å². The van der Waals surface area contributed by atoms with E-state index < -0.39 is 11.4 Å². The van der Waals surface area contributed by atoms with Crippen molar-refractivity contribution in [2.24, 2.45) is 22.2 Å². The van der Waals surface area contributed by atoms with E-state index in [1.54, 1.807) is 12.1 Å². The summed E-state index contributed by atoms with van der Waals surface area (Å²) in [7, 11) is 0. The Morgan fingerprint density at radius 2 is 1.45 bits per heavy atom. The molecule has 0 aromatic heterocycles. The number of allylic oxidation sites excluding steroid dienone is 2. The van der Waals surface area contributed by atoms with Crippen LogP contribution in [0.4, 0.5) is 0 Å². The van der Waals surface area contributed by atoms with Gasteiger partial charge in [0.2, 0.25) is 0 Å². The first kappa shape index (κ1) is 21.6. The highest BCUT2D eigenvalue weighted by atomic mass is 16.5. The van der Waals surface area contributed by atoms with Crippen LogP contribution in [0.2, 0.25) is 0 Å². The molecule has 2 aliphatic carbocycles. The lowest BCUT2D eigenvalue weighted by Gasteiger charge is -2.41. The van der Waals surface area contributed by atoms with Gasteiger partial charge in [-0.2, -0.15) is 0 Å². The van der Waals surface area contributed by atoms with E-state index in [1.807, 2.05) is 0 Å². The van der Waals surface area contributed by atoms with Crippen LogP contribution in [0.25, 0.3) is 0 Å². The number of carbonyl (C=O) groups excluding carboxylic acids is 1. The number of hydrogen-bond acceptors (Lipinski definition) is 3. The standard InChI is InChI=1S/C25H34O4/c1-16(2)13-25(22(28)29-18-9-7-17(8-10-18)21(26)27)14-19-20(15-25)24(5,6)12-11-23(19,3)4/h7-10,16H,11-15H2,1-6H3,(H,26,27). The van der Waals surface area contributed by atoms with Crippen molar-refractivity contribution in [2.75, 3.05) is 0 Å². The highest BCUT2D eigenvalue weighted by molar-refractivity contribution is 5.88. The second-order valence-corrected chi connectivity index (χ2v) is 10.7. The van der Waals surface area contributed by atoms with E-state index in [0.717, 1.165) is 32.1 Å². The van der Waals surface area contributed by atoms with E-state index in [4.69, 9.17) is 9.84 Å². The number of carboxylic acid groups (broad SMARTS) is 1. The molecule has 29 heavy (non-hydrogen) atoms. The predicted octanol–water partition coefficient (Wildman–Crippen LogP) is 6.26. The molecule has 0 unspecified atom stereocenters. The summed E-state index contributed by atoms with van der Waals surface area (Å²) in [6.07, 6.45) is 4.61. The highest BCUT2D eigenvalue weighted by Crippen LogP contribution is 2.61. The topological polar surface area (TPSA) is 63.6 Å². The highest BCUT2D eigenvalue weighted by Gasteiger charge is 2.53. The number of ether oxygens (including phenoxy) is 1. The Balaban J connectivity index is 1.90. The smallest absolute Gasteiger partial charge is 0.335 e. The van der Waals surface area contributed by atoms with E-state index >= 15 is 0 Å². The summed E-state index contributed by atoms with van der Waals surface area (Å²) in [6.45, 7) is 13.5. The first-order valence-corrected chi connectivity index (χ1v) is 10.6. The number of esters is 1. The van der Waals surface area contributed by atoms with Crippen molar-refractivity contribution in [2.45, 2.75) is 73.6 Å². The van der Waals surface area contributed by atoms with E-state index in [-0.39, 0.29) is 22.4 Å². The van der Waals surface area contributed by atoms with Gasteiger partial charge in [-0.15, -0.1) is 0 Å². The minimum Gasteiger partial charge on any atom is -0.478 e. The minimum absolute atomic E-state index is 0.118. The lowest BCUT2D eigenvalue weighted by Crippen LogP contribution is -2.35. The fourth-order valence-electron chi connectivity index (χ4n) is 5.21. The molecule has 0 atom stereocenters. The van der Waals surface area contributed by atoms with Gasteiger partial charge in [0.25, 0.3) is 0 Å². The quantitative estimate of drug-likeness (QED) is 0.361. The Bertz CT molecular complexity index is 812. The van der Waals surface area contributed by atoms with Gasteiger partial charge in [-0.3, -0.25) is 4.79 Å². The van der Waals surface area contributed by atoms with E-state index in [0.29, 0.717) is 11.7 Å². The first-order chi connectivity index (χ1) is 13.4. The molecule has 158 valence electrons. The van der Waals surface area contributed by atoms with Gasteiger partial charge in [-0.25, -0.2) is 4.79 Å². The lowest BCUT2D eigenvalue weighted by molar-refractivity contribution is -0.146. The molecule has 0 aliphatic heterocycles. The molecule has 0 saturated heterocycles. The van der Waals surface area contributed by atoms with Crippen LogP contribution in [-0.2, 0) is 4.79 Å². The summed E-state index contributed by atoms with van der Waals surface area (Å²) in [5, 5.41) is 9.07. The number of hydrogen-bond donors (Lipinski definition) is 1. The van der Waals surface area contributed by atoms with E-state index in [2.05, 4.69) is 41.5 Å². The fourth-order valence-corrected chi connectivity index (χ4v) is 5.21. The molecule has 0 amide bonds. The summed E-state index contributed by atoms with van der Waals surface area (Å²) in [5.41, 5.74) is 2.78. The fraction of sp³-hybridized carbons (Fsp3) is 0.600. The molecule has 0 radical (unpaired) electrons. The summed E-state index contributed by atoms with van der Waals surface area (Å²) in [6, 6.07) is 6.09. The molecule has 4 nitrogen and oxygen atoms in total. The van der Waals surface area contributed by atoms with Crippen LogP contribution in [-0.4, -0.2) is 17.0 Å². The van der Waals surface area contributed by atoms with Crippen LogP contribution in [0.5, 0.6) is 5.75 Å². The first-order valence-electron chi connectivity index (χ1n) is 10.6. The zero-order valence-corrected chi connectivity index (χ0v) is 18.6. The van der Waals surface area contributed by atoms with Crippen LogP contribution in [0.1, 0.15) is 84.0 Å². The predicted molar refractivity (Wildman–Crippen MR) is 114 cm³/mol. The van der Waals surface area contributed by atoms with Crippen molar-refractivity contribution in [3.05, 3.63) is 41.0 Å². The van der Waals surface area contributed by atoms with Crippen molar-refractivity contribution in [3.8, 4) is 5.75 Å². The van der Waals surface area contributed by atoms with Gasteiger partial charge < -0.3 is 9.84 Å². The van der Waals surface area contributed by atoms with Gasteiger partial charge in [-0.05, 0) is 73.1 Å². The van der Waals surface area contributed by atoms with Crippen molar-refractivity contribution in [1.29, 1.82) is 0 Å². The maximum atomic E-state index is 13.5. The number of carboxylic acids is 1. The van der Waals surface area contributed by atoms with Gasteiger partial charge in [0.1, 0.15) is 5.75 Å². The van der Waals surface area contributed by atoms with Gasteiger partial charge >= 0.3 is 11.9 Å². The van der Waals surface area contributed by atoms with Gasteiger partial charge in [0, 0.05) is 0 Å². The van der Waals surface area contributed by atoms with E-state index in [9.17, 15) is 9.59 Å². The zero-order valence-electron chi connectivity index (χ0n) is 18.6. The van der Waals surface area contributed by atoms with E-state index in [1.165, 1.54) is 23.3 Å². The van der Waals surface area contributed by atoms with Crippen molar-refractivity contribution < 1.29 is 19.4 Å². The van der Waals surface area contributed by atoms with Crippen LogP contribution in [0.3, 0.4) is 0 Å². The normalized spacial score (nSPS) is 21.8. The van der Waals surface area contributed by atoms with Crippen LogP contribution < -0.4 is 4.74 Å². The summed E-state index contributed by atoms with van der Waals surface area (Å²) >= 11 is 0. The Kier molecular flexibility index (Phi) is 5.44. The number of rotatable bonds is 5. The Morgan fingerprint density at radius 3 is 1.86 bits per heavy atom. The molecule has 4 heteroatoms. The second kappa shape index (κ2) is 7.30. The lowest BCUT2D eigenvalue weighted by atomic mass is 9.64. The molecule has 0 saturated carbocycles. The molecular weight excluding hydrogens is 364 g/mol. The molecule has 0 bridgehead atoms. The Labute approximate surface area is 174 Å². The molecule has 1 aromatic rings. The van der Waals surface area contributed by atoms with Crippen LogP contribution >= 0.6 is 0 Å². The van der Waals surface area contributed by atoms with Crippen molar-refractivity contribution in [3.63, 3.8) is 0 Å². The Morgan fingerprint density at radius 1 is 0.966 bits per heavy atom. The molecule has 3 rings (SSSR count). The maximum absolute atomic E-state index is 13.5. The van der Waals surface area contributed by atoms with Gasteiger partial charge in [0.15, 0.2) is 0 Å². The number of benzene rings is 1. The second-order valence-electron chi connectivity index (χ2n) is 10.7. The number of carbonyl (C=O) groups is 2. The molecular formula is C25H34O4. The molecule has 0 heterocycles. The third-order valence-corrected chi connectivity index (χ3v) is 6.95. The monoisotopic (exact) mass is 398 g/mol. The third kappa shape index (κ3) is 4.12. The molecule has 1 N–H and O–H groups in total. The molecule has 0 spiro atoms. The third-order valence-electron chi connectivity index (χ3n) is 6.95. The molecule has 1 aromatic carbocycles. The van der Waals surface area contributed by atoms with Crippen molar-refractivity contribution >= 4 is 11.9 Å². The van der Waals surface area contributed by atoms with Gasteiger partial charge in [0.05, 0.1) is 11.0 Å². The van der Waals surface area contributed by atoms with Crippen molar-refractivity contribution in [1.82, 2.24) is 0 Å². The van der Waals surface area contributed by atoms with Crippen LogP contribution in [0, 0.1) is 22.2 Å². The molecule has 0 fully saturated rings. The minimum atomic E-state index is -0.990.